The van der Waals surface area contributed by atoms with Crippen LogP contribution in [0.25, 0.3) is 0 Å². The Hall–Kier alpha value is -0.620. The lowest BCUT2D eigenvalue weighted by Crippen LogP contribution is -2.32. The van der Waals surface area contributed by atoms with E-state index in [-0.39, 0.29) is 44.4 Å². The van der Waals surface area contributed by atoms with Gasteiger partial charge in [-0.05, 0) is 6.42 Å². The third kappa shape index (κ3) is 29.4. The molecule has 10 heteroatoms. The topological polar surface area (TPSA) is 147 Å². The Bertz CT molecular complexity index is 476. The quantitative estimate of drug-likeness (QED) is 0.123. The van der Waals surface area contributed by atoms with Crippen LogP contribution in [-0.2, 0) is 14.9 Å². The first-order valence-electron chi connectivity index (χ1n) is 11.5. The molecule has 0 amide bonds. The highest BCUT2D eigenvalue weighted by Crippen LogP contribution is 2.10. The number of hydrogen-bond donors (Lipinski definition) is 5. The number of nitrogens with one attached hydrogen (secondary N) is 1. The summed E-state index contributed by atoms with van der Waals surface area (Å²) in [4.78, 5) is 13.3. The van der Waals surface area contributed by atoms with Gasteiger partial charge in [-0.3, -0.25) is 14.2 Å². The minimum Gasteiger partial charge on any atom is -0.395 e. The fourth-order valence-corrected chi connectivity index (χ4v) is 3.31. The summed E-state index contributed by atoms with van der Waals surface area (Å²) in [6.45, 7) is 4.27. The van der Waals surface area contributed by atoms with Crippen molar-refractivity contribution in [3.8, 4) is 0 Å². The molecule has 0 bridgehead atoms. The van der Waals surface area contributed by atoms with E-state index >= 15 is 0 Å². The van der Waals surface area contributed by atoms with E-state index in [0.717, 1.165) is 12.8 Å². The van der Waals surface area contributed by atoms with Gasteiger partial charge in [0.1, 0.15) is 5.78 Å². The number of carbonyl (C=O) groups is 1. The van der Waals surface area contributed by atoms with Crippen LogP contribution in [0, 0.1) is 0 Å². The van der Waals surface area contributed by atoms with Crippen LogP contribution >= 0.6 is 0 Å². The molecule has 5 N–H and O–H groups in total. The molecule has 0 heterocycles. The molecule has 0 aromatic rings. The number of Topliss-reactive ketones (excluding diaryl/α,β-unsaturated/α-hetero) is 1. The summed E-state index contributed by atoms with van der Waals surface area (Å²) in [7, 11) is -3.93. The van der Waals surface area contributed by atoms with E-state index in [0.29, 0.717) is 26.1 Å². The minimum atomic E-state index is -3.93. The lowest BCUT2D eigenvalue weighted by atomic mass is 10.1. The number of aliphatic hydroxyl groups excluding tert-OH is 3. The number of unbranched alkanes of at least 4 members (excludes halogenated alkanes) is 8. The minimum absolute atomic E-state index is 0.0694. The van der Waals surface area contributed by atoms with Crippen LogP contribution in [0.15, 0.2) is 0 Å². The molecule has 0 saturated carbocycles. The van der Waals surface area contributed by atoms with Crippen LogP contribution < -0.4 is 5.32 Å². The van der Waals surface area contributed by atoms with E-state index in [4.69, 9.17) is 19.9 Å². The Balaban J connectivity index is 0. The molecule has 188 valence electrons. The maximum absolute atomic E-state index is 11.5. The van der Waals surface area contributed by atoms with Crippen molar-refractivity contribution in [3.05, 3.63) is 0 Å². The molecule has 0 aromatic heterocycles. The maximum atomic E-state index is 11.5. The van der Waals surface area contributed by atoms with Crippen LogP contribution in [-0.4, -0.2) is 97.3 Å². The van der Waals surface area contributed by atoms with Crippen molar-refractivity contribution in [1.82, 2.24) is 10.2 Å². The predicted molar refractivity (Wildman–Crippen MR) is 124 cm³/mol. The van der Waals surface area contributed by atoms with Crippen LogP contribution in [0.2, 0.25) is 0 Å². The molecule has 0 unspecified atom stereocenters. The SMILES string of the molecule is CCCCCCCCCCCC(=O)CNCCS(=O)(=O)O.OCCN(CCO)CCO. The number of rotatable bonds is 21. The number of hydrogen-bond acceptors (Lipinski definition) is 8. The predicted octanol–water partition coefficient (Wildman–Crippen LogP) is 1.22. The third-order valence-corrected chi connectivity index (χ3v) is 5.39. The molecule has 31 heavy (non-hydrogen) atoms. The molecule has 0 rings (SSSR count). The highest BCUT2D eigenvalue weighted by Gasteiger charge is 2.05. The molecule has 0 spiro atoms. The average molecular weight is 471 g/mol. The third-order valence-electron chi connectivity index (χ3n) is 4.67. The van der Waals surface area contributed by atoms with Gasteiger partial charge in [-0.25, -0.2) is 0 Å². The summed E-state index contributed by atoms with van der Waals surface area (Å²) in [6, 6.07) is 0. The summed E-state index contributed by atoms with van der Waals surface area (Å²) in [5.41, 5.74) is 0. The van der Waals surface area contributed by atoms with Crippen molar-refractivity contribution in [3.63, 3.8) is 0 Å². The zero-order valence-corrected chi connectivity index (χ0v) is 20.1. The highest BCUT2D eigenvalue weighted by atomic mass is 32.2. The van der Waals surface area contributed by atoms with Crippen LogP contribution in [0.3, 0.4) is 0 Å². The Morgan fingerprint density at radius 3 is 1.68 bits per heavy atom. The fourth-order valence-electron chi connectivity index (χ4n) is 2.91. The smallest absolute Gasteiger partial charge is 0.266 e. The summed E-state index contributed by atoms with van der Waals surface area (Å²) >= 11 is 0. The molecule has 0 aliphatic rings. The molecule has 0 radical (unpaired) electrons. The van der Waals surface area contributed by atoms with Gasteiger partial charge in [0, 0.05) is 32.6 Å². The fraction of sp³-hybridized carbons (Fsp3) is 0.952. The van der Waals surface area contributed by atoms with Gasteiger partial charge >= 0.3 is 0 Å². The van der Waals surface area contributed by atoms with Gasteiger partial charge < -0.3 is 20.6 Å². The first-order valence-corrected chi connectivity index (χ1v) is 13.1. The van der Waals surface area contributed by atoms with E-state index in [9.17, 15) is 13.2 Å². The molecule has 0 fully saturated rings. The zero-order valence-electron chi connectivity index (χ0n) is 19.3. The van der Waals surface area contributed by atoms with Crippen molar-refractivity contribution in [2.45, 2.75) is 71.1 Å². The Labute approximate surface area is 189 Å². The maximum Gasteiger partial charge on any atom is 0.266 e. The second-order valence-corrected chi connectivity index (χ2v) is 9.16. The molecule has 0 aromatic carbocycles. The van der Waals surface area contributed by atoms with Gasteiger partial charge in [0.05, 0.1) is 32.1 Å². The van der Waals surface area contributed by atoms with Gasteiger partial charge in [-0.15, -0.1) is 0 Å². The molecular formula is C21H46N2O7S. The van der Waals surface area contributed by atoms with Gasteiger partial charge in [0.15, 0.2) is 0 Å². The highest BCUT2D eigenvalue weighted by molar-refractivity contribution is 7.85. The van der Waals surface area contributed by atoms with Crippen molar-refractivity contribution in [1.29, 1.82) is 0 Å². The standard InChI is InChI=1S/C15H31NO4S.C6H15NO3/c1-2-3-4-5-6-7-8-9-10-11-15(17)14-16-12-13-21(18,19)20;8-4-1-7(2-5-9)3-6-10/h16H,2-14H2,1H3,(H,18,19,20);8-10H,1-6H2. The lowest BCUT2D eigenvalue weighted by molar-refractivity contribution is -0.118. The average Bonchev–Trinajstić information content (AvgIpc) is 2.70. The zero-order chi connectivity index (χ0) is 23.8. The van der Waals surface area contributed by atoms with Crippen molar-refractivity contribution < 1.29 is 33.1 Å². The van der Waals surface area contributed by atoms with Gasteiger partial charge in [0.25, 0.3) is 10.1 Å². The van der Waals surface area contributed by atoms with Gasteiger partial charge in [-0.2, -0.15) is 8.42 Å². The summed E-state index contributed by atoms with van der Waals surface area (Å²) in [5.74, 6) is -0.244. The second-order valence-electron chi connectivity index (χ2n) is 7.59. The Morgan fingerprint density at radius 1 is 0.806 bits per heavy atom. The van der Waals surface area contributed by atoms with E-state index in [1.165, 1.54) is 44.9 Å². The van der Waals surface area contributed by atoms with Crippen molar-refractivity contribution >= 4 is 15.9 Å². The first-order chi connectivity index (χ1) is 14.8. The van der Waals surface area contributed by atoms with Crippen molar-refractivity contribution in [2.24, 2.45) is 0 Å². The monoisotopic (exact) mass is 470 g/mol. The van der Waals surface area contributed by atoms with E-state index in [2.05, 4.69) is 12.2 Å². The molecular weight excluding hydrogens is 424 g/mol. The Kier molecular flexibility index (Phi) is 25.2. The lowest BCUT2D eigenvalue weighted by Gasteiger charge is -2.17. The number of carbonyl (C=O) groups excluding carboxylic acids is 1. The number of nitrogens with zero attached hydrogens (tertiary/aromatic N) is 1. The van der Waals surface area contributed by atoms with E-state index in [1.807, 2.05) is 0 Å². The van der Waals surface area contributed by atoms with Crippen LogP contribution in [0.1, 0.15) is 71.1 Å². The van der Waals surface area contributed by atoms with Crippen molar-refractivity contribution in [2.75, 3.05) is 58.3 Å². The van der Waals surface area contributed by atoms with Gasteiger partial charge in [-0.1, -0.05) is 58.3 Å². The first kappa shape index (κ1) is 32.6. The second kappa shape index (κ2) is 24.0. The molecule has 0 atom stereocenters. The molecule has 9 nitrogen and oxygen atoms in total. The summed E-state index contributed by atoms with van der Waals surface area (Å²) < 4.78 is 29.4. The van der Waals surface area contributed by atoms with Gasteiger partial charge in [0.2, 0.25) is 0 Å². The molecule has 0 aliphatic carbocycles. The van der Waals surface area contributed by atoms with Crippen LogP contribution in [0.5, 0.6) is 0 Å². The molecule has 0 saturated heterocycles. The summed E-state index contributed by atoms with van der Waals surface area (Å²) in [6.07, 6.45) is 11.6. The number of aliphatic hydroxyl groups is 3. The Morgan fingerprint density at radius 2 is 1.26 bits per heavy atom. The summed E-state index contributed by atoms with van der Waals surface area (Å²) in [5, 5.41) is 28.2. The van der Waals surface area contributed by atoms with E-state index < -0.39 is 10.1 Å². The van der Waals surface area contributed by atoms with E-state index in [1.54, 1.807) is 4.90 Å². The molecule has 0 aliphatic heterocycles. The largest absolute Gasteiger partial charge is 0.395 e. The normalized spacial score (nSPS) is 11.4. The number of ketones is 1. The van der Waals surface area contributed by atoms with Crippen LogP contribution in [0.4, 0.5) is 0 Å².